The summed E-state index contributed by atoms with van der Waals surface area (Å²) >= 11 is 5.32. The molecule has 2 rings (SSSR count). The Hall–Kier alpha value is -0.640. The summed E-state index contributed by atoms with van der Waals surface area (Å²) in [6.07, 6.45) is 6.37. The van der Waals surface area contributed by atoms with Crippen molar-refractivity contribution in [1.82, 2.24) is 9.80 Å². The number of rotatable bonds is 2. The fraction of sp³-hybridized carbons (Fsp3) is 0.818. The third-order valence-corrected chi connectivity index (χ3v) is 3.65. The first-order valence-corrected chi connectivity index (χ1v) is 6.24. The van der Waals surface area contributed by atoms with Crippen LogP contribution in [0.2, 0.25) is 0 Å². The van der Waals surface area contributed by atoms with E-state index in [0.717, 1.165) is 50.4 Å². The Morgan fingerprint density at radius 3 is 2.33 bits per heavy atom. The van der Waals surface area contributed by atoms with E-state index in [1.807, 2.05) is 4.90 Å². The molecule has 0 radical (unpaired) electrons. The maximum absolute atomic E-state index is 11.6. The molecule has 2 saturated heterocycles. The van der Waals surface area contributed by atoms with Crippen LogP contribution >= 0.6 is 12.2 Å². The van der Waals surface area contributed by atoms with Crippen LogP contribution in [0.1, 0.15) is 38.5 Å². The number of piperidine rings is 2. The smallest absolute Gasteiger partial charge is 0.223 e. The minimum absolute atomic E-state index is 0.301. The first-order valence-electron chi connectivity index (χ1n) is 5.83. The van der Waals surface area contributed by atoms with Gasteiger partial charge in [0.2, 0.25) is 5.91 Å². The number of amides is 1. The van der Waals surface area contributed by atoms with E-state index < -0.39 is 0 Å². The first-order chi connectivity index (χ1) is 7.27. The Kier molecular flexibility index (Phi) is 3.57. The van der Waals surface area contributed by atoms with E-state index in [4.69, 9.17) is 12.2 Å². The summed E-state index contributed by atoms with van der Waals surface area (Å²) in [5.74, 6) is 0.301. The van der Waals surface area contributed by atoms with Crippen LogP contribution in [-0.2, 0) is 4.79 Å². The Balaban J connectivity index is 1.89. The average Bonchev–Trinajstić information content (AvgIpc) is 2.24. The van der Waals surface area contributed by atoms with E-state index in [-0.39, 0.29) is 0 Å². The molecular weight excluding hydrogens is 208 g/mol. The molecule has 2 aliphatic heterocycles. The highest BCUT2D eigenvalue weighted by molar-refractivity contribution is 7.80. The van der Waals surface area contributed by atoms with Crippen LogP contribution in [0, 0.1) is 0 Å². The van der Waals surface area contributed by atoms with Crippen LogP contribution in [0.4, 0.5) is 0 Å². The molecule has 0 aromatic heterocycles. The zero-order valence-electron chi connectivity index (χ0n) is 9.07. The summed E-state index contributed by atoms with van der Waals surface area (Å²) in [6.45, 7) is 2.68. The lowest BCUT2D eigenvalue weighted by Gasteiger charge is -2.36. The third-order valence-electron chi connectivity index (χ3n) is 3.18. The van der Waals surface area contributed by atoms with Crippen LogP contribution in [0.15, 0.2) is 0 Å². The zero-order valence-corrected chi connectivity index (χ0v) is 9.89. The number of nitrogens with zero attached hydrogens (tertiary/aromatic N) is 2. The van der Waals surface area contributed by atoms with Crippen molar-refractivity contribution in [3.63, 3.8) is 0 Å². The monoisotopic (exact) mass is 226 g/mol. The molecule has 0 spiro atoms. The highest BCUT2D eigenvalue weighted by Crippen LogP contribution is 2.16. The third kappa shape index (κ3) is 2.68. The van der Waals surface area contributed by atoms with Crippen LogP contribution in [-0.4, -0.2) is 40.5 Å². The van der Waals surface area contributed by atoms with Gasteiger partial charge in [0.15, 0.2) is 0 Å². The normalized spacial score (nSPS) is 23.5. The van der Waals surface area contributed by atoms with E-state index in [9.17, 15) is 4.79 Å². The van der Waals surface area contributed by atoms with Gasteiger partial charge in [0, 0.05) is 19.5 Å². The SMILES string of the molecule is O=C1CCCCN1CN1CCCCC1=S. The molecular formula is C11H18N2OS. The van der Waals surface area contributed by atoms with Gasteiger partial charge in [0.1, 0.15) is 0 Å². The molecule has 0 atom stereocenters. The van der Waals surface area contributed by atoms with E-state index >= 15 is 0 Å². The molecule has 0 saturated carbocycles. The van der Waals surface area contributed by atoms with Gasteiger partial charge in [-0.3, -0.25) is 4.79 Å². The van der Waals surface area contributed by atoms with Crippen molar-refractivity contribution in [3.05, 3.63) is 0 Å². The molecule has 0 unspecified atom stereocenters. The second kappa shape index (κ2) is 4.92. The quantitative estimate of drug-likeness (QED) is 0.670. The molecule has 0 N–H and O–H groups in total. The fourth-order valence-electron chi connectivity index (χ4n) is 2.23. The predicted octanol–water partition coefficient (Wildman–Crippen LogP) is 1.77. The summed E-state index contributed by atoms with van der Waals surface area (Å²) in [4.78, 5) is 16.8. The summed E-state index contributed by atoms with van der Waals surface area (Å²) < 4.78 is 0. The van der Waals surface area contributed by atoms with Gasteiger partial charge >= 0.3 is 0 Å². The van der Waals surface area contributed by atoms with Crippen LogP contribution in [0.25, 0.3) is 0 Å². The maximum Gasteiger partial charge on any atom is 0.223 e. The number of hydrogen-bond acceptors (Lipinski definition) is 2. The second-order valence-corrected chi connectivity index (χ2v) is 4.84. The summed E-state index contributed by atoms with van der Waals surface area (Å²) in [5.41, 5.74) is 0. The van der Waals surface area contributed by atoms with Crippen molar-refractivity contribution in [2.75, 3.05) is 19.8 Å². The Morgan fingerprint density at radius 2 is 1.67 bits per heavy atom. The minimum atomic E-state index is 0.301. The highest BCUT2D eigenvalue weighted by atomic mass is 32.1. The van der Waals surface area contributed by atoms with Crippen molar-refractivity contribution < 1.29 is 4.79 Å². The van der Waals surface area contributed by atoms with Crippen molar-refractivity contribution >= 4 is 23.1 Å². The van der Waals surface area contributed by atoms with Crippen LogP contribution in [0.3, 0.4) is 0 Å². The molecule has 15 heavy (non-hydrogen) atoms. The lowest BCUT2D eigenvalue weighted by atomic mass is 10.1. The second-order valence-electron chi connectivity index (χ2n) is 4.37. The topological polar surface area (TPSA) is 23.6 Å². The number of carbonyl (C=O) groups excluding carboxylic acids is 1. The lowest BCUT2D eigenvalue weighted by molar-refractivity contribution is -0.134. The minimum Gasteiger partial charge on any atom is -0.348 e. The zero-order chi connectivity index (χ0) is 10.7. The van der Waals surface area contributed by atoms with Crippen LogP contribution < -0.4 is 0 Å². The van der Waals surface area contributed by atoms with Crippen LogP contribution in [0.5, 0.6) is 0 Å². The number of hydrogen-bond donors (Lipinski definition) is 0. The molecule has 2 aliphatic rings. The summed E-state index contributed by atoms with van der Waals surface area (Å²) in [7, 11) is 0. The molecule has 84 valence electrons. The van der Waals surface area contributed by atoms with Gasteiger partial charge in [-0.15, -0.1) is 0 Å². The largest absolute Gasteiger partial charge is 0.348 e. The molecule has 0 aromatic rings. The van der Waals surface area contributed by atoms with E-state index in [2.05, 4.69) is 4.90 Å². The predicted molar refractivity (Wildman–Crippen MR) is 63.6 cm³/mol. The van der Waals surface area contributed by atoms with E-state index in [0.29, 0.717) is 5.91 Å². The molecule has 3 nitrogen and oxygen atoms in total. The fourth-order valence-corrected chi connectivity index (χ4v) is 2.52. The Bertz CT molecular complexity index is 241. The first kappa shape index (κ1) is 10.9. The number of thiocarbonyl (C=S) groups is 1. The molecule has 2 fully saturated rings. The van der Waals surface area contributed by atoms with E-state index in [1.165, 1.54) is 12.8 Å². The van der Waals surface area contributed by atoms with Crippen molar-refractivity contribution in [2.45, 2.75) is 38.5 Å². The van der Waals surface area contributed by atoms with E-state index in [1.54, 1.807) is 0 Å². The molecule has 0 bridgehead atoms. The van der Waals surface area contributed by atoms with Crippen molar-refractivity contribution in [3.8, 4) is 0 Å². The lowest BCUT2D eigenvalue weighted by Crippen LogP contribution is -2.47. The van der Waals surface area contributed by atoms with Gasteiger partial charge in [0.25, 0.3) is 0 Å². The number of carbonyl (C=O) groups is 1. The Labute approximate surface area is 96.4 Å². The standard InChI is InChI=1S/C11H18N2OS/c14-10-5-1-3-7-12(10)9-13-8-4-2-6-11(13)15/h1-9H2. The molecule has 2 heterocycles. The molecule has 4 heteroatoms. The molecule has 0 aliphatic carbocycles. The molecule has 1 amide bonds. The summed E-state index contributed by atoms with van der Waals surface area (Å²) in [5, 5.41) is 0. The van der Waals surface area contributed by atoms with Crippen molar-refractivity contribution in [2.24, 2.45) is 0 Å². The van der Waals surface area contributed by atoms with Gasteiger partial charge in [-0.2, -0.15) is 0 Å². The summed E-state index contributed by atoms with van der Waals surface area (Å²) in [6, 6.07) is 0. The van der Waals surface area contributed by atoms with Gasteiger partial charge in [-0.25, -0.2) is 0 Å². The average molecular weight is 226 g/mol. The van der Waals surface area contributed by atoms with Gasteiger partial charge < -0.3 is 9.80 Å². The molecule has 0 aromatic carbocycles. The van der Waals surface area contributed by atoms with Gasteiger partial charge in [-0.1, -0.05) is 12.2 Å². The number of likely N-dealkylation sites (tertiary alicyclic amines) is 2. The van der Waals surface area contributed by atoms with Gasteiger partial charge in [-0.05, 0) is 32.1 Å². The Morgan fingerprint density at radius 1 is 1.00 bits per heavy atom. The van der Waals surface area contributed by atoms with Crippen molar-refractivity contribution in [1.29, 1.82) is 0 Å². The highest BCUT2D eigenvalue weighted by Gasteiger charge is 2.22. The maximum atomic E-state index is 11.6. The van der Waals surface area contributed by atoms with Gasteiger partial charge in [0.05, 0.1) is 11.7 Å².